The minimum Gasteiger partial charge on any atom is -0.493 e. The number of nitrogens with zero attached hydrogens (tertiary/aromatic N) is 1. The number of amides is 1. The minimum absolute atomic E-state index is 0.0278. The highest BCUT2D eigenvalue weighted by Crippen LogP contribution is 2.44. The highest BCUT2D eigenvalue weighted by molar-refractivity contribution is 5.91. The first-order chi connectivity index (χ1) is 14.1. The molecule has 2 aromatic carbocycles. The van der Waals surface area contributed by atoms with Crippen molar-refractivity contribution in [1.82, 2.24) is 10.4 Å². The van der Waals surface area contributed by atoms with Crippen molar-refractivity contribution in [3.8, 4) is 5.75 Å². The summed E-state index contributed by atoms with van der Waals surface area (Å²) >= 11 is 0. The monoisotopic (exact) mass is 422 g/mol. The molecule has 164 valence electrons. The van der Waals surface area contributed by atoms with E-state index in [-0.39, 0.29) is 12.1 Å². The molecule has 1 amide bonds. The summed E-state index contributed by atoms with van der Waals surface area (Å²) in [6.07, 6.45) is -0.329. The van der Waals surface area contributed by atoms with E-state index < -0.39 is 23.5 Å². The maximum absolute atomic E-state index is 14.2. The molecule has 1 atom stereocenters. The van der Waals surface area contributed by atoms with Gasteiger partial charge < -0.3 is 4.74 Å². The van der Waals surface area contributed by atoms with E-state index in [0.29, 0.717) is 23.1 Å². The number of nitrogens with one attached hydrogen (secondary N) is 1. The fourth-order valence-corrected chi connectivity index (χ4v) is 3.87. The number of alkyl halides is 3. The van der Waals surface area contributed by atoms with Crippen molar-refractivity contribution in [2.24, 2.45) is 5.41 Å². The van der Waals surface area contributed by atoms with Gasteiger partial charge in [-0.25, -0.2) is 5.01 Å². The van der Waals surface area contributed by atoms with Crippen LogP contribution in [0.3, 0.4) is 0 Å². The molecule has 4 nitrogen and oxygen atoms in total. The van der Waals surface area contributed by atoms with E-state index >= 15 is 0 Å². The molecule has 0 radical (unpaired) electrons. The van der Waals surface area contributed by atoms with E-state index in [1.807, 2.05) is 0 Å². The van der Waals surface area contributed by atoms with Gasteiger partial charge in [-0.2, -0.15) is 13.2 Å². The average molecular weight is 422 g/mol. The van der Waals surface area contributed by atoms with Crippen LogP contribution in [0.1, 0.15) is 58.1 Å². The molecule has 0 saturated carbocycles. The van der Waals surface area contributed by atoms with Gasteiger partial charge in [-0.05, 0) is 37.3 Å². The van der Waals surface area contributed by atoms with Gasteiger partial charge in [-0.1, -0.05) is 56.5 Å². The summed E-state index contributed by atoms with van der Waals surface area (Å²) in [6.45, 7) is 5.92. The van der Waals surface area contributed by atoms with Gasteiger partial charge in [-0.3, -0.25) is 10.2 Å². The first-order valence-electron chi connectivity index (χ1n) is 10.4. The zero-order chi connectivity index (χ0) is 21.9. The number of hydrogen-bond donors (Lipinski definition) is 1. The molecule has 1 N–H and O–H groups in total. The Hall–Kier alpha value is -2.28. The van der Waals surface area contributed by atoms with Crippen molar-refractivity contribution < 1.29 is 22.7 Å². The fraction of sp³-hybridized carbons (Fsp3) is 0.522. The van der Waals surface area contributed by atoms with Gasteiger partial charge in [0, 0.05) is 11.9 Å². The standard InChI is InChI=1S/C23H29F3N2O2/c1-4-5-6-9-14-30-19-13-12-18(16-10-7-8-11-17(16)19)20(23(24,25)26)28-15-22(2,3)21(29)27-28/h7-8,10-13,20H,4-6,9,14-15H2,1-3H3,(H,27,29)/t20-/m0/s1. The van der Waals surface area contributed by atoms with Crippen LogP contribution >= 0.6 is 0 Å². The Bertz CT molecular complexity index is 896. The summed E-state index contributed by atoms with van der Waals surface area (Å²) < 4.78 is 48.4. The second kappa shape index (κ2) is 8.84. The van der Waals surface area contributed by atoms with Gasteiger partial charge in [0.05, 0.1) is 12.0 Å². The summed E-state index contributed by atoms with van der Waals surface area (Å²) in [5.74, 6) is 0.172. The molecule has 1 aliphatic rings. The Morgan fingerprint density at radius 1 is 1.10 bits per heavy atom. The van der Waals surface area contributed by atoms with Gasteiger partial charge in [0.2, 0.25) is 5.91 Å². The summed E-state index contributed by atoms with van der Waals surface area (Å²) in [5, 5.41) is 2.13. The third-order valence-electron chi connectivity index (χ3n) is 5.52. The zero-order valence-corrected chi connectivity index (χ0v) is 17.7. The van der Waals surface area contributed by atoms with Crippen LogP contribution in [-0.2, 0) is 4.79 Å². The van der Waals surface area contributed by atoms with Gasteiger partial charge in [-0.15, -0.1) is 0 Å². The average Bonchev–Trinajstić information content (AvgIpc) is 2.94. The molecule has 0 spiro atoms. The number of carbonyl (C=O) groups is 1. The largest absolute Gasteiger partial charge is 0.493 e. The van der Waals surface area contributed by atoms with E-state index in [1.165, 1.54) is 6.07 Å². The van der Waals surface area contributed by atoms with Gasteiger partial charge in [0.15, 0.2) is 6.04 Å². The number of halogens is 3. The number of unbranched alkanes of at least 4 members (excludes halogenated alkanes) is 3. The molecule has 1 heterocycles. The van der Waals surface area contributed by atoms with Crippen LogP contribution in [0.4, 0.5) is 13.2 Å². The fourth-order valence-electron chi connectivity index (χ4n) is 3.87. The van der Waals surface area contributed by atoms with Crippen LogP contribution in [-0.4, -0.2) is 30.2 Å². The second-order valence-corrected chi connectivity index (χ2v) is 8.50. The first kappa shape index (κ1) is 22.4. The van der Waals surface area contributed by atoms with Gasteiger partial charge in [0.25, 0.3) is 0 Å². The quantitative estimate of drug-likeness (QED) is 0.549. The van der Waals surface area contributed by atoms with Crippen molar-refractivity contribution in [2.75, 3.05) is 13.2 Å². The van der Waals surface area contributed by atoms with Crippen LogP contribution in [0.15, 0.2) is 36.4 Å². The summed E-state index contributed by atoms with van der Waals surface area (Å²) in [4.78, 5) is 12.1. The molecule has 3 rings (SSSR count). The van der Waals surface area contributed by atoms with E-state index in [4.69, 9.17) is 4.74 Å². The van der Waals surface area contributed by atoms with E-state index in [2.05, 4.69) is 12.3 Å². The molecule has 1 aliphatic heterocycles. The predicted molar refractivity (Wildman–Crippen MR) is 111 cm³/mol. The van der Waals surface area contributed by atoms with Crippen molar-refractivity contribution in [2.45, 2.75) is 58.7 Å². The molecule has 0 aromatic heterocycles. The molecule has 0 bridgehead atoms. The molecule has 0 aliphatic carbocycles. The normalized spacial score (nSPS) is 17.9. The lowest BCUT2D eigenvalue weighted by Crippen LogP contribution is -2.43. The van der Waals surface area contributed by atoms with Gasteiger partial charge in [0.1, 0.15) is 5.75 Å². The molecular weight excluding hydrogens is 393 g/mol. The molecule has 7 heteroatoms. The summed E-state index contributed by atoms with van der Waals surface area (Å²) in [5.41, 5.74) is 1.64. The van der Waals surface area contributed by atoms with E-state index in [0.717, 1.165) is 30.7 Å². The van der Waals surface area contributed by atoms with E-state index in [9.17, 15) is 18.0 Å². The summed E-state index contributed by atoms with van der Waals surface area (Å²) in [7, 11) is 0. The topological polar surface area (TPSA) is 41.6 Å². The molecule has 0 unspecified atom stereocenters. The first-order valence-corrected chi connectivity index (χ1v) is 10.4. The lowest BCUT2D eigenvalue weighted by molar-refractivity contribution is -0.191. The molecule has 2 aromatic rings. The molecule has 1 saturated heterocycles. The van der Waals surface area contributed by atoms with Crippen LogP contribution in [0, 0.1) is 5.41 Å². The number of ether oxygens (including phenoxy) is 1. The van der Waals surface area contributed by atoms with Crippen molar-refractivity contribution in [1.29, 1.82) is 0 Å². The Kier molecular flexibility index (Phi) is 6.60. The van der Waals surface area contributed by atoms with Gasteiger partial charge >= 0.3 is 6.18 Å². The highest BCUT2D eigenvalue weighted by Gasteiger charge is 2.51. The number of carbonyl (C=O) groups excluding carboxylic acids is 1. The minimum atomic E-state index is -4.56. The van der Waals surface area contributed by atoms with Crippen molar-refractivity contribution >= 4 is 16.7 Å². The second-order valence-electron chi connectivity index (χ2n) is 8.50. The van der Waals surface area contributed by atoms with Crippen LogP contribution in [0.5, 0.6) is 5.75 Å². The Balaban J connectivity index is 1.95. The Labute approximate surface area is 175 Å². The lowest BCUT2D eigenvalue weighted by Gasteiger charge is -2.31. The number of hydrazine groups is 1. The zero-order valence-electron chi connectivity index (χ0n) is 17.7. The number of hydrogen-bond acceptors (Lipinski definition) is 3. The molecule has 1 fully saturated rings. The van der Waals surface area contributed by atoms with Crippen LogP contribution in [0.25, 0.3) is 10.8 Å². The number of rotatable bonds is 8. The smallest absolute Gasteiger partial charge is 0.409 e. The van der Waals surface area contributed by atoms with Crippen molar-refractivity contribution in [3.63, 3.8) is 0 Å². The van der Waals surface area contributed by atoms with Crippen LogP contribution in [0.2, 0.25) is 0 Å². The van der Waals surface area contributed by atoms with E-state index in [1.54, 1.807) is 44.2 Å². The predicted octanol–water partition coefficient (Wildman–Crippen LogP) is 5.78. The molecule has 30 heavy (non-hydrogen) atoms. The maximum atomic E-state index is 14.2. The van der Waals surface area contributed by atoms with Crippen LogP contribution < -0.4 is 10.2 Å². The highest BCUT2D eigenvalue weighted by atomic mass is 19.4. The summed E-state index contributed by atoms with van der Waals surface area (Å²) in [6, 6.07) is 8.11. The number of fused-ring (bicyclic) bond motifs is 1. The maximum Gasteiger partial charge on any atom is 0.409 e. The Morgan fingerprint density at radius 2 is 1.80 bits per heavy atom. The third-order valence-corrected chi connectivity index (χ3v) is 5.52. The SMILES string of the molecule is CCCCCCOc1ccc([C@H](N2CC(C)(C)C(=O)N2)C(F)(F)F)c2ccccc12. The molecular formula is C23H29F3N2O2. The Morgan fingerprint density at radius 3 is 2.40 bits per heavy atom. The number of benzene rings is 2. The lowest BCUT2D eigenvalue weighted by atomic mass is 9.93. The third kappa shape index (κ3) is 4.72. The van der Waals surface area contributed by atoms with Crippen molar-refractivity contribution in [3.05, 3.63) is 42.0 Å².